The quantitative estimate of drug-likeness (QED) is 0.807. The van der Waals surface area contributed by atoms with Crippen molar-refractivity contribution < 1.29 is 8.42 Å². The van der Waals surface area contributed by atoms with Gasteiger partial charge in [0.15, 0.2) is 11.2 Å². The average molecular weight is 286 g/mol. The average Bonchev–Trinajstić information content (AvgIpc) is 2.70. The van der Waals surface area contributed by atoms with Gasteiger partial charge >= 0.3 is 5.69 Å². The molecule has 0 radical (unpaired) electrons. The van der Waals surface area contributed by atoms with Gasteiger partial charge in [0.25, 0.3) is 5.56 Å². The summed E-state index contributed by atoms with van der Waals surface area (Å²) in [5.74, 6) is 0.100. The van der Waals surface area contributed by atoms with Crippen LogP contribution < -0.4 is 11.2 Å². The largest absolute Gasteiger partial charge is 0.346 e. The number of aromatic amines is 1. The molecule has 0 unspecified atom stereocenters. The van der Waals surface area contributed by atoms with Crippen molar-refractivity contribution in [2.45, 2.75) is 20.4 Å². The van der Waals surface area contributed by atoms with Crippen LogP contribution in [0.25, 0.3) is 11.2 Å². The molecule has 2 aromatic rings. The van der Waals surface area contributed by atoms with Crippen LogP contribution in [0.15, 0.2) is 15.9 Å². The molecule has 2 rings (SSSR count). The highest BCUT2D eigenvalue weighted by Crippen LogP contribution is 2.05. The Balaban J connectivity index is 3.00. The minimum absolute atomic E-state index is 0.00525. The topological polar surface area (TPSA) is 107 Å². The maximum atomic E-state index is 12.2. The number of imidazole rings is 1. The maximum absolute atomic E-state index is 12.2. The van der Waals surface area contributed by atoms with E-state index in [4.69, 9.17) is 0 Å². The van der Waals surface area contributed by atoms with Crippen LogP contribution in [0.4, 0.5) is 0 Å². The summed E-state index contributed by atoms with van der Waals surface area (Å²) in [7, 11) is -3.97. The lowest BCUT2D eigenvalue weighted by Gasteiger charge is -2.11. The Hall–Kier alpha value is -1.90. The van der Waals surface area contributed by atoms with Crippen molar-refractivity contribution in [1.29, 1.82) is 0 Å². The molecule has 1 N–H and O–H groups in total. The SMILES string of the molecule is CC(C)Cn1c(=O)n(S(C)(=O)=O)c(=O)c2[nH]cnc21. The van der Waals surface area contributed by atoms with E-state index in [-0.39, 0.29) is 27.6 Å². The molecule has 2 aromatic heterocycles. The van der Waals surface area contributed by atoms with Gasteiger partial charge in [-0.3, -0.25) is 9.36 Å². The molecule has 0 saturated heterocycles. The number of nitrogens with zero attached hydrogens (tertiary/aromatic N) is 3. The van der Waals surface area contributed by atoms with Gasteiger partial charge in [0.05, 0.1) is 12.6 Å². The predicted molar refractivity (Wildman–Crippen MR) is 69.7 cm³/mol. The molecule has 0 spiro atoms. The second-order valence-corrected chi connectivity index (χ2v) is 6.55. The van der Waals surface area contributed by atoms with Gasteiger partial charge in [0.1, 0.15) is 0 Å². The van der Waals surface area contributed by atoms with Crippen molar-refractivity contribution >= 4 is 21.2 Å². The Bertz CT molecular complexity index is 841. The van der Waals surface area contributed by atoms with E-state index in [1.54, 1.807) is 0 Å². The Morgan fingerprint density at radius 3 is 2.53 bits per heavy atom. The van der Waals surface area contributed by atoms with Gasteiger partial charge in [-0.25, -0.2) is 18.2 Å². The van der Waals surface area contributed by atoms with Crippen LogP contribution in [0, 0.1) is 5.92 Å². The zero-order valence-corrected chi connectivity index (χ0v) is 11.6. The third kappa shape index (κ3) is 2.21. The number of rotatable bonds is 3. The Kier molecular flexibility index (Phi) is 3.09. The van der Waals surface area contributed by atoms with Crippen molar-refractivity contribution in [3.05, 3.63) is 27.2 Å². The van der Waals surface area contributed by atoms with E-state index in [2.05, 4.69) is 9.97 Å². The molecular formula is C10H14N4O4S. The Labute approximate surface area is 108 Å². The second-order valence-electron chi connectivity index (χ2n) is 4.72. The number of aromatic nitrogens is 4. The fourth-order valence-corrected chi connectivity index (χ4v) is 2.63. The first-order valence-corrected chi connectivity index (χ1v) is 7.47. The molecule has 0 aliphatic heterocycles. The molecule has 9 heteroatoms. The van der Waals surface area contributed by atoms with Crippen LogP contribution in [0.5, 0.6) is 0 Å². The van der Waals surface area contributed by atoms with Crippen molar-refractivity contribution in [3.8, 4) is 0 Å². The van der Waals surface area contributed by atoms with Gasteiger partial charge in [0.2, 0.25) is 10.0 Å². The molecule has 104 valence electrons. The Morgan fingerprint density at radius 2 is 2.00 bits per heavy atom. The molecular weight excluding hydrogens is 272 g/mol. The summed E-state index contributed by atoms with van der Waals surface area (Å²) in [4.78, 5) is 30.7. The minimum atomic E-state index is -3.97. The molecule has 0 atom stereocenters. The minimum Gasteiger partial charge on any atom is -0.339 e. The summed E-state index contributed by atoms with van der Waals surface area (Å²) in [6.45, 7) is 4.03. The zero-order chi connectivity index (χ0) is 14.4. The summed E-state index contributed by atoms with van der Waals surface area (Å²) in [6, 6.07) is 0. The van der Waals surface area contributed by atoms with Crippen molar-refractivity contribution in [2.75, 3.05) is 6.26 Å². The first-order valence-electron chi connectivity index (χ1n) is 5.63. The molecule has 0 aromatic carbocycles. The van der Waals surface area contributed by atoms with Gasteiger partial charge in [0, 0.05) is 6.54 Å². The molecule has 8 nitrogen and oxygen atoms in total. The lowest BCUT2D eigenvalue weighted by Crippen LogP contribution is -2.44. The van der Waals surface area contributed by atoms with Crippen LogP contribution in [0.3, 0.4) is 0 Å². The molecule has 0 aliphatic carbocycles. The maximum Gasteiger partial charge on any atom is 0.346 e. The first kappa shape index (κ1) is 13.5. The van der Waals surface area contributed by atoms with E-state index >= 15 is 0 Å². The van der Waals surface area contributed by atoms with E-state index in [9.17, 15) is 18.0 Å². The molecule has 0 bridgehead atoms. The predicted octanol–water partition coefficient (Wildman–Crippen LogP) is -0.650. The van der Waals surface area contributed by atoms with E-state index in [0.29, 0.717) is 0 Å². The van der Waals surface area contributed by atoms with Crippen molar-refractivity contribution in [3.63, 3.8) is 0 Å². The summed E-state index contributed by atoms with van der Waals surface area (Å²) < 4.78 is 24.6. The highest BCUT2D eigenvalue weighted by atomic mass is 32.2. The fourth-order valence-electron chi connectivity index (χ4n) is 1.86. The zero-order valence-electron chi connectivity index (χ0n) is 10.7. The highest BCUT2D eigenvalue weighted by Gasteiger charge is 2.21. The smallest absolute Gasteiger partial charge is 0.339 e. The molecule has 0 saturated carbocycles. The van der Waals surface area contributed by atoms with Gasteiger partial charge < -0.3 is 4.98 Å². The summed E-state index contributed by atoms with van der Waals surface area (Å²) in [6.07, 6.45) is 2.08. The van der Waals surface area contributed by atoms with Crippen LogP contribution >= 0.6 is 0 Å². The number of H-pyrrole nitrogens is 1. The third-order valence-corrected chi connectivity index (χ3v) is 3.54. The lowest BCUT2D eigenvalue weighted by atomic mass is 10.2. The van der Waals surface area contributed by atoms with Crippen LogP contribution in [0.1, 0.15) is 13.8 Å². The molecule has 0 aliphatic rings. The molecule has 0 fully saturated rings. The van der Waals surface area contributed by atoms with E-state index in [1.165, 1.54) is 10.9 Å². The van der Waals surface area contributed by atoms with Crippen LogP contribution in [0.2, 0.25) is 0 Å². The van der Waals surface area contributed by atoms with Gasteiger partial charge in [-0.2, -0.15) is 0 Å². The number of nitrogens with one attached hydrogen (secondary N) is 1. The second kappa shape index (κ2) is 4.34. The van der Waals surface area contributed by atoms with Crippen molar-refractivity contribution in [2.24, 2.45) is 5.92 Å². The normalized spacial score (nSPS) is 12.4. The standard InChI is InChI=1S/C10H14N4O4S/c1-6(2)4-13-8-7(11-5-12-8)9(15)14(10(13)16)19(3,17)18/h5-6H,4H2,1-3H3,(H,11,12). The first-order chi connectivity index (χ1) is 8.73. The van der Waals surface area contributed by atoms with Gasteiger partial charge in [-0.1, -0.05) is 13.8 Å². The third-order valence-electron chi connectivity index (χ3n) is 2.56. The highest BCUT2D eigenvalue weighted by molar-refractivity contribution is 7.89. The number of hydrogen-bond acceptors (Lipinski definition) is 5. The Morgan fingerprint density at radius 1 is 1.37 bits per heavy atom. The van der Waals surface area contributed by atoms with E-state index in [1.807, 2.05) is 13.8 Å². The van der Waals surface area contributed by atoms with Crippen molar-refractivity contribution in [1.82, 2.24) is 18.5 Å². The molecule has 0 amide bonds. The van der Waals surface area contributed by atoms with Crippen LogP contribution in [-0.4, -0.2) is 33.2 Å². The lowest BCUT2D eigenvalue weighted by molar-refractivity contribution is 0.506. The summed E-state index contributed by atoms with van der Waals surface area (Å²) in [5, 5.41) is 0. The van der Waals surface area contributed by atoms with Crippen LogP contribution in [-0.2, 0) is 16.6 Å². The summed E-state index contributed by atoms with van der Waals surface area (Å²) >= 11 is 0. The molecule has 19 heavy (non-hydrogen) atoms. The number of fused-ring (bicyclic) bond motifs is 1. The molecule has 2 heterocycles. The fraction of sp³-hybridized carbons (Fsp3) is 0.500. The van der Waals surface area contributed by atoms with Gasteiger partial charge in [-0.05, 0) is 5.92 Å². The van der Waals surface area contributed by atoms with E-state index < -0.39 is 21.3 Å². The monoisotopic (exact) mass is 286 g/mol. The summed E-state index contributed by atoms with van der Waals surface area (Å²) in [5.41, 5.74) is -1.62. The number of hydrogen-bond donors (Lipinski definition) is 1. The van der Waals surface area contributed by atoms with E-state index in [0.717, 1.165) is 6.26 Å². The van der Waals surface area contributed by atoms with Gasteiger partial charge in [-0.15, -0.1) is 3.97 Å².